The summed E-state index contributed by atoms with van der Waals surface area (Å²) in [6.07, 6.45) is -0.382. The number of alkyl carbamates (subject to hydrolysis) is 1. The molecule has 0 radical (unpaired) electrons. The lowest BCUT2D eigenvalue weighted by Crippen LogP contribution is -2.36. The van der Waals surface area contributed by atoms with Crippen LogP contribution in [0.3, 0.4) is 0 Å². The Bertz CT molecular complexity index is 444. The Morgan fingerprint density at radius 1 is 1.30 bits per heavy atom. The Morgan fingerprint density at radius 2 is 1.95 bits per heavy atom. The van der Waals surface area contributed by atoms with Crippen molar-refractivity contribution < 1.29 is 9.53 Å². The number of carbonyl (C=O) groups is 1. The predicted molar refractivity (Wildman–Crippen MR) is 84.8 cm³/mol. The van der Waals surface area contributed by atoms with Gasteiger partial charge in [-0.05, 0) is 39.3 Å². The highest BCUT2D eigenvalue weighted by atomic mass is 79.9. The minimum Gasteiger partial charge on any atom is -0.444 e. The van der Waals surface area contributed by atoms with Gasteiger partial charge in [-0.3, -0.25) is 0 Å². The van der Waals surface area contributed by atoms with Gasteiger partial charge in [0.2, 0.25) is 0 Å². The zero-order chi connectivity index (χ0) is 15.2. The Kier molecular flexibility index (Phi) is 6.49. The fourth-order valence-electron chi connectivity index (χ4n) is 1.70. The summed E-state index contributed by atoms with van der Waals surface area (Å²) < 4.78 is 6.25. The molecule has 0 saturated carbocycles. The van der Waals surface area contributed by atoms with Crippen molar-refractivity contribution in [1.29, 1.82) is 0 Å². The van der Waals surface area contributed by atoms with Crippen molar-refractivity contribution in [1.82, 2.24) is 10.6 Å². The van der Waals surface area contributed by atoms with Crippen LogP contribution in [0.5, 0.6) is 0 Å². The minimum absolute atomic E-state index is 0.214. The van der Waals surface area contributed by atoms with Crippen molar-refractivity contribution in [3.8, 4) is 0 Å². The van der Waals surface area contributed by atoms with E-state index in [9.17, 15) is 4.79 Å². The summed E-state index contributed by atoms with van der Waals surface area (Å²) in [7, 11) is 0. The molecule has 0 spiro atoms. The smallest absolute Gasteiger partial charge is 0.407 e. The molecule has 0 aromatic heterocycles. The van der Waals surface area contributed by atoms with Crippen LogP contribution in [0.2, 0.25) is 0 Å². The van der Waals surface area contributed by atoms with Crippen molar-refractivity contribution in [2.24, 2.45) is 0 Å². The van der Waals surface area contributed by atoms with Gasteiger partial charge in [0.15, 0.2) is 0 Å². The minimum atomic E-state index is -0.459. The Morgan fingerprint density at radius 3 is 2.55 bits per heavy atom. The highest BCUT2D eigenvalue weighted by Crippen LogP contribution is 2.22. The van der Waals surface area contributed by atoms with Crippen LogP contribution in [0.15, 0.2) is 28.7 Å². The number of halogens is 1. The first kappa shape index (κ1) is 17.0. The van der Waals surface area contributed by atoms with E-state index in [1.54, 1.807) is 0 Å². The molecular weight excluding hydrogens is 320 g/mol. The third-order valence-corrected chi connectivity index (χ3v) is 3.34. The molecule has 0 fully saturated rings. The van der Waals surface area contributed by atoms with E-state index in [4.69, 9.17) is 4.74 Å². The predicted octanol–water partition coefficient (Wildman–Crippen LogP) is 3.62. The first-order chi connectivity index (χ1) is 9.29. The summed E-state index contributed by atoms with van der Waals surface area (Å²) in [6.45, 7) is 8.85. The average molecular weight is 343 g/mol. The molecule has 112 valence electrons. The second-order valence-corrected chi connectivity index (χ2v) is 6.48. The molecule has 1 rings (SSSR count). The highest BCUT2D eigenvalue weighted by Gasteiger charge is 2.15. The SMILES string of the molecule is C[C@H](NCCNC(=O)OC(C)(C)C)c1ccccc1Br. The molecule has 1 aromatic carbocycles. The third kappa shape index (κ3) is 6.39. The first-order valence-electron chi connectivity index (χ1n) is 6.74. The molecule has 0 saturated heterocycles. The maximum atomic E-state index is 11.5. The number of ether oxygens (including phenoxy) is 1. The second-order valence-electron chi connectivity index (χ2n) is 5.63. The van der Waals surface area contributed by atoms with Crippen LogP contribution < -0.4 is 10.6 Å². The van der Waals surface area contributed by atoms with E-state index in [0.29, 0.717) is 13.1 Å². The standard InChI is InChI=1S/C15H23BrN2O2/c1-11(12-7-5-6-8-13(12)16)17-9-10-18-14(19)20-15(2,3)4/h5-8,11,17H,9-10H2,1-4H3,(H,18,19)/t11-/m0/s1. The monoisotopic (exact) mass is 342 g/mol. The van der Waals surface area contributed by atoms with E-state index >= 15 is 0 Å². The van der Waals surface area contributed by atoms with Crippen molar-refractivity contribution in [3.05, 3.63) is 34.3 Å². The number of hydrogen-bond donors (Lipinski definition) is 2. The average Bonchev–Trinajstić information content (AvgIpc) is 2.33. The summed E-state index contributed by atoms with van der Waals surface area (Å²) in [5, 5.41) is 6.08. The van der Waals surface area contributed by atoms with E-state index in [0.717, 1.165) is 4.47 Å². The topological polar surface area (TPSA) is 50.4 Å². The van der Waals surface area contributed by atoms with E-state index in [1.165, 1.54) is 5.56 Å². The third-order valence-electron chi connectivity index (χ3n) is 2.62. The summed E-state index contributed by atoms with van der Waals surface area (Å²) in [5.41, 5.74) is 0.740. The summed E-state index contributed by atoms with van der Waals surface area (Å²) >= 11 is 3.53. The maximum Gasteiger partial charge on any atom is 0.407 e. The number of carbonyl (C=O) groups excluding carboxylic acids is 1. The molecule has 1 amide bonds. The fourth-order valence-corrected chi connectivity index (χ4v) is 2.33. The molecule has 0 heterocycles. The molecule has 2 N–H and O–H groups in total. The van der Waals surface area contributed by atoms with Crippen LogP contribution in [0.1, 0.15) is 39.3 Å². The lowest BCUT2D eigenvalue weighted by atomic mass is 10.1. The Hall–Kier alpha value is -1.07. The van der Waals surface area contributed by atoms with E-state index in [1.807, 2.05) is 39.0 Å². The van der Waals surface area contributed by atoms with Crippen molar-refractivity contribution in [2.45, 2.75) is 39.3 Å². The Labute approximate surface area is 129 Å². The molecule has 5 heteroatoms. The first-order valence-corrected chi connectivity index (χ1v) is 7.53. The maximum absolute atomic E-state index is 11.5. The van der Waals surface area contributed by atoms with Crippen LogP contribution in [-0.4, -0.2) is 24.8 Å². The fraction of sp³-hybridized carbons (Fsp3) is 0.533. The van der Waals surface area contributed by atoms with Crippen LogP contribution in [0.25, 0.3) is 0 Å². The van der Waals surface area contributed by atoms with Gasteiger partial charge in [-0.15, -0.1) is 0 Å². The number of rotatable bonds is 5. The molecule has 1 aromatic rings. The molecule has 1 atom stereocenters. The second kappa shape index (κ2) is 7.64. The molecule has 0 aliphatic carbocycles. The van der Waals surface area contributed by atoms with Crippen molar-refractivity contribution in [3.63, 3.8) is 0 Å². The van der Waals surface area contributed by atoms with Crippen molar-refractivity contribution in [2.75, 3.05) is 13.1 Å². The molecule has 0 bridgehead atoms. The Balaban J connectivity index is 2.28. The van der Waals surface area contributed by atoms with Crippen LogP contribution in [-0.2, 0) is 4.74 Å². The number of benzene rings is 1. The van der Waals surface area contributed by atoms with Gasteiger partial charge in [-0.1, -0.05) is 34.1 Å². The van der Waals surface area contributed by atoms with E-state index < -0.39 is 5.60 Å². The van der Waals surface area contributed by atoms with E-state index in [-0.39, 0.29) is 12.1 Å². The quantitative estimate of drug-likeness (QED) is 0.803. The lowest BCUT2D eigenvalue weighted by Gasteiger charge is -2.20. The number of hydrogen-bond acceptors (Lipinski definition) is 3. The van der Waals surface area contributed by atoms with Gasteiger partial charge >= 0.3 is 6.09 Å². The van der Waals surface area contributed by atoms with Crippen LogP contribution >= 0.6 is 15.9 Å². The molecule has 0 aliphatic heterocycles. The van der Waals surface area contributed by atoms with Gasteiger partial charge in [0.25, 0.3) is 0 Å². The highest BCUT2D eigenvalue weighted by molar-refractivity contribution is 9.10. The number of nitrogens with one attached hydrogen (secondary N) is 2. The van der Waals surface area contributed by atoms with Crippen LogP contribution in [0, 0.1) is 0 Å². The molecule has 0 aliphatic rings. The lowest BCUT2D eigenvalue weighted by molar-refractivity contribution is 0.0528. The van der Waals surface area contributed by atoms with Gasteiger partial charge in [0.1, 0.15) is 5.60 Å². The van der Waals surface area contributed by atoms with Crippen LogP contribution in [0.4, 0.5) is 4.79 Å². The van der Waals surface area contributed by atoms with E-state index in [2.05, 4.69) is 39.6 Å². The summed E-state index contributed by atoms with van der Waals surface area (Å²) in [4.78, 5) is 11.5. The summed E-state index contributed by atoms with van der Waals surface area (Å²) in [6, 6.07) is 8.31. The normalized spacial score (nSPS) is 12.8. The van der Waals surface area contributed by atoms with Gasteiger partial charge < -0.3 is 15.4 Å². The molecule has 20 heavy (non-hydrogen) atoms. The van der Waals surface area contributed by atoms with Crippen molar-refractivity contribution >= 4 is 22.0 Å². The molecular formula is C15H23BrN2O2. The largest absolute Gasteiger partial charge is 0.444 e. The van der Waals surface area contributed by atoms with Gasteiger partial charge in [-0.2, -0.15) is 0 Å². The number of amides is 1. The van der Waals surface area contributed by atoms with Gasteiger partial charge in [0.05, 0.1) is 0 Å². The van der Waals surface area contributed by atoms with Gasteiger partial charge in [0, 0.05) is 23.6 Å². The zero-order valence-corrected chi connectivity index (χ0v) is 14.1. The molecule has 4 nitrogen and oxygen atoms in total. The molecule has 0 unspecified atom stereocenters. The zero-order valence-electron chi connectivity index (χ0n) is 12.5. The summed E-state index contributed by atoms with van der Waals surface area (Å²) in [5.74, 6) is 0. The van der Waals surface area contributed by atoms with Gasteiger partial charge in [-0.25, -0.2) is 4.79 Å².